The Kier molecular flexibility index (Phi) is 10.2. The molecule has 1 atom stereocenters. The Morgan fingerprint density at radius 1 is 1.23 bits per heavy atom. The molecule has 0 heterocycles. The van der Waals surface area contributed by atoms with Gasteiger partial charge in [-0.1, -0.05) is 30.3 Å². The van der Waals surface area contributed by atoms with Crippen LogP contribution in [-0.4, -0.2) is 37.3 Å². The van der Waals surface area contributed by atoms with Gasteiger partial charge in [0.05, 0.1) is 0 Å². The van der Waals surface area contributed by atoms with Crippen LogP contribution >= 0.6 is 0 Å². The fourth-order valence-electron chi connectivity index (χ4n) is 1.55. The minimum Gasteiger partial charge on any atom is -1.00 e. The molecule has 0 radical (unpaired) electrons. The van der Waals surface area contributed by atoms with Crippen molar-refractivity contribution in [3.63, 3.8) is 0 Å². The summed E-state index contributed by atoms with van der Waals surface area (Å²) in [5.74, 6) is -0.962. The largest absolute Gasteiger partial charge is 1.00 e. The number of alkyl carbamates (subject to hydrolysis) is 1. The Labute approximate surface area is 151 Å². The van der Waals surface area contributed by atoms with Crippen LogP contribution in [0.25, 0.3) is 0 Å². The molecule has 2 amide bonds. The molecule has 1 rings (SSSR count). The van der Waals surface area contributed by atoms with Crippen molar-refractivity contribution in [2.24, 2.45) is 11.5 Å². The van der Waals surface area contributed by atoms with E-state index in [4.69, 9.17) is 16.2 Å². The third-order valence-corrected chi connectivity index (χ3v) is 2.41. The summed E-state index contributed by atoms with van der Waals surface area (Å²) in [6.07, 6.45) is -1.94. The fourth-order valence-corrected chi connectivity index (χ4v) is 1.55. The van der Waals surface area contributed by atoms with Crippen molar-refractivity contribution in [3.8, 4) is 0 Å². The number of amides is 2. The van der Waals surface area contributed by atoms with Crippen molar-refractivity contribution in [1.29, 1.82) is 0 Å². The average molecular weight is 319 g/mol. The summed E-state index contributed by atoms with van der Waals surface area (Å²) >= 11 is 0. The quantitative estimate of drug-likeness (QED) is 0.291. The maximum absolute atomic E-state index is 11.7. The van der Waals surface area contributed by atoms with Gasteiger partial charge < -0.3 is 27.7 Å². The number of nitrogens with one attached hydrogen (secondary N) is 1. The molecular formula is C13H18N3NaO5. The van der Waals surface area contributed by atoms with Crippen molar-refractivity contribution >= 4 is 18.2 Å². The molecule has 0 saturated carbocycles. The van der Waals surface area contributed by atoms with Gasteiger partial charge in [-0.15, -0.1) is 0 Å². The van der Waals surface area contributed by atoms with Crippen LogP contribution in [0.5, 0.6) is 0 Å². The summed E-state index contributed by atoms with van der Waals surface area (Å²) < 4.78 is 9.01. The number of hydrogen-bond acceptors (Lipinski definition) is 6. The SMILES string of the molecule is NCCOC(=O)NC(Cc1ccccc1)C(=O)OC(N)=O.[H-].[Na+]. The zero-order valence-electron chi connectivity index (χ0n) is 13.3. The standard InChI is InChI=1S/C13H17N3O5.Na.H/c14-6-7-20-13(19)16-10(11(17)21-12(15)18)8-9-4-2-1-3-5-9;;/h1-5,10H,6-8,14H2,(H2,15,18)(H,16,19);;/q;+1;-1. The Bertz CT molecular complexity index is 504. The Hall–Kier alpha value is -1.61. The second-order valence-corrected chi connectivity index (χ2v) is 4.05. The van der Waals surface area contributed by atoms with E-state index in [9.17, 15) is 14.4 Å². The van der Waals surface area contributed by atoms with Crippen LogP contribution in [-0.2, 0) is 20.7 Å². The molecule has 116 valence electrons. The Morgan fingerprint density at radius 2 is 1.86 bits per heavy atom. The van der Waals surface area contributed by atoms with Gasteiger partial charge in [0.2, 0.25) is 0 Å². The van der Waals surface area contributed by atoms with Gasteiger partial charge in [-0.05, 0) is 5.56 Å². The van der Waals surface area contributed by atoms with Crippen molar-refractivity contribution in [1.82, 2.24) is 5.32 Å². The first-order valence-corrected chi connectivity index (χ1v) is 6.21. The molecule has 0 spiro atoms. The molecule has 8 nitrogen and oxygen atoms in total. The van der Waals surface area contributed by atoms with Crippen molar-refractivity contribution < 1.29 is 54.8 Å². The molecular weight excluding hydrogens is 301 g/mol. The Balaban J connectivity index is 0. The van der Waals surface area contributed by atoms with Gasteiger partial charge in [0.25, 0.3) is 0 Å². The molecule has 5 N–H and O–H groups in total. The van der Waals surface area contributed by atoms with E-state index in [0.717, 1.165) is 5.56 Å². The number of hydrogen-bond donors (Lipinski definition) is 3. The monoisotopic (exact) mass is 319 g/mol. The van der Waals surface area contributed by atoms with Gasteiger partial charge in [0.15, 0.2) is 0 Å². The van der Waals surface area contributed by atoms with Crippen LogP contribution in [0.1, 0.15) is 6.99 Å². The van der Waals surface area contributed by atoms with Crippen LogP contribution in [0.2, 0.25) is 0 Å². The number of nitrogens with two attached hydrogens (primary N) is 2. The molecule has 0 aliphatic heterocycles. The minimum absolute atomic E-state index is 0. The molecule has 0 fully saturated rings. The zero-order valence-corrected chi connectivity index (χ0v) is 14.3. The van der Waals surface area contributed by atoms with E-state index in [0.29, 0.717) is 0 Å². The minimum atomic E-state index is -1.24. The van der Waals surface area contributed by atoms with Gasteiger partial charge in [-0.25, -0.2) is 14.4 Å². The van der Waals surface area contributed by atoms with E-state index in [-0.39, 0.29) is 50.6 Å². The number of ether oxygens (including phenoxy) is 2. The van der Waals surface area contributed by atoms with Crippen molar-refractivity contribution in [2.75, 3.05) is 13.2 Å². The molecule has 0 aromatic heterocycles. The first-order chi connectivity index (χ1) is 10.0. The molecule has 1 aromatic rings. The molecule has 0 aliphatic carbocycles. The van der Waals surface area contributed by atoms with Crippen LogP contribution < -0.4 is 46.3 Å². The predicted octanol–water partition coefficient (Wildman–Crippen LogP) is -2.98. The molecule has 1 aromatic carbocycles. The number of primary amides is 1. The van der Waals surface area contributed by atoms with Crippen LogP contribution in [0.3, 0.4) is 0 Å². The third kappa shape index (κ3) is 7.99. The van der Waals surface area contributed by atoms with E-state index in [1.54, 1.807) is 24.3 Å². The van der Waals surface area contributed by atoms with Crippen LogP contribution in [0, 0.1) is 0 Å². The molecule has 9 heteroatoms. The van der Waals surface area contributed by atoms with E-state index in [1.807, 2.05) is 6.07 Å². The molecule has 1 unspecified atom stereocenters. The van der Waals surface area contributed by atoms with Crippen LogP contribution in [0.4, 0.5) is 9.59 Å². The zero-order chi connectivity index (χ0) is 15.7. The fraction of sp³-hybridized carbons (Fsp3) is 0.308. The maximum atomic E-state index is 11.7. The van der Waals surface area contributed by atoms with Gasteiger partial charge in [0, 0.05) is 13.0 Å². The number of rotatable bonds is 6. The normalized spacial score (nSPS) is 10.8. The van der Waals surface area contributed by atoms with Crippen molar-refractivity contribution in [2.45, 2.75) is 12.5 Å². The van der Waals surface area contributed by atoms with E-state index in [1.165, 1.54) is 0 Å². The smallest absolute Gasteiger partial charge is 1.00 e. The molecule has 0 bridgehead atoms. The maximum Gasteiger partial charge on any atom is 1.00 e. The summed E-state index contributed by atoms with van der Waals surface area (Å²) in [5.41, 5.74) is 10.8. The summed E-state index contributed by atoms with van der Waals surface area (Å²) in [7, 11) is 0. The molecule has 0 aliphatic rings. The first-order valence-electron chi connectivity index (χ1n) is 6.21. The average Bonchev–Trinajstić information content (AvgIpc) is 2.44. The summed E-state index contributed by atoms with van der Waals surface area (Å²) in [6, 6.07) is 7.79. The van der Waals surface area contributed by atoms with E-state index in [2.05, 4.69) is 10.1 Å². The number of carbonyl (C=O) groups is 3. The molecule has 22 heavy (non-hydrogen) atoms. The summed E-state index contributed by atoms with van der Waals surface area (Å²) in [5, 5.41) is 2.31. The Morgan fingerprint density at radius 3 is 2.41 bits per heavy atom. The van der Waals surface area contributed by atoms with E-state index >= 15 is 0 Å². The second kappa shape index (κ2) is 11.0. The summed E-state index contributed by atoms with van der Waals surface area (Å²) in [6.45, 7) is 0.164. The predicted molar refractivity (Wildman–Crippen MR) is 74.3 cm³/mol. The first kappa shape index (κ1) is 20.4. The second-order valence-electron chi connectivity index (χ2n) is 4.05. The van der Waals surface area contributed by atoms with Gasteiger partial charge in [0.1, 0.15) is 12.6 Å². The number of carbonyl (C=O) groups excluding carboxylic acids is 3. The van der Waals surface area contributed by atoms with E-state index < -0.39 is 24.2 Å². The number of esters is 1. The van der Waals surface area contributed by atoms with Gasteiger partial charge in [-0.2, -0.15) is 0 Å². The topological polar surface area (TPSA) is 134 Å². The number of benzene rings is 1. The third-order valence-electron chi connectivity index (χ3n) is 2.41. The molecule has 0 saturated heterocycles. The summed E-state index contributed by atoms with van der Waals surface area (Å²) in [4.78, 5) is 33.9. The van der Waals surface area contributed by atoms with Gasteiger partial charge in [-0.3, -0.25) is 0 Å². The van der Waals surface area contributed by atoms with Crippen LogP contribution in [0.15, 0.2) is 30.3 Å². The van der Waals surface area contributed by atoms with Gasteiger partial charge >= 0.3 is 47.7 Å². The van der Waals surface area contributed by atoms with Crippen molar-refractivity contribution in [3.05, 3.63) is 35.9 Å².